The Bertz CT molecular complexity index is 828. The minimum Gasteiger partial charge on any atom is -0.489 e. The second kappa shape index (κ2) is 10.00. The number of nitrogens with two attached hydrogens (primary N) is 2. The Kier molecular flexibility index (Phi) is 7.37. The molecule has 3 fully saturated rings. The zero-order valence-electron chi connectivity index (χ0n) is 17.7. The first-order valence-corrected chi connectivity index (χ1v) is 10.7. The Labute approximate surface area is 181 Å². The number of hydrogen-bond donors (Lipinski definition) is 4. The number of hydrogen-bond acceptors (Lipinski definition) is 5. The largest absolute Gasteiger partial charge is 0.489 e. The van der Waals surface area contributed by atoms with E-state index in [0.717, 1.165) is 38.5 Å². The molecule has 1 amide bonds. The molecule has 4 rings (SSSR count). The predicted molar refractivity (Wildman–Crippen MR) is 116 cm³/mol. The SMILES string of the molecule is N=C(CCNC(=O)C12CCC(c3ccc(OC/C(=C/F)CN)cc3)(CC1)CC2)N=NN. The molecule has 0 unspecified atom stereocenters. The number of amidine groups is 1. The summed E-state index contributed by atoms with van der Waals surface area (Å²) in [5, 5.41) is 17.1. The van der Waals surface area contributed by atoms with Crippen LogP contribution in [0.25, 0.3) is 0 Å². The molecule has 2 bridgehead atoms. The lowest BCUT2D eigenvalue weighted by Crippen LogP contribution is -2.51. The molecular weight excluding hydrogens is 399 g/mol. The van der Waals surface area contributed by atoms with E-state index in [9.17, 15) is 9.18 Å². The highest BCUT2D eigenvalue weighted by Crippen LogP contribution is 2.57. The van der Waals surface area contributed by atoms with Crippen molar-refractivity contribution in [3.05, 3.63) is 41.7 Å². The molecule has 6 N–H and O–H groups in total. The van der Waals surface area contributed by atoms with Crippen molar-refractivity contribution in [1.82, 2.24) is 5.32 Å². The first-order valence-electron chi connectivity index (χ1n) is 10.7. The van der Waals surface area contributed by atoms with Gasteiger partial charge in [0.15, 0.2) is 0 Å². The molecule has 3 aliphatic rings. The molecule has 0 aromatic heterocycles. The van der Waals surface area contributed by atoms with Gasteiger partial charge in [0.05, 0.1) is 6.33 Å². The summed E-state index contributed by atoms with van der Waals surface area (Å²) in [4.78, 5) is 12.9. The summed E-state index contributed by atoms with van der Waals surface area (Å²) in [5.74, 6) is 5.76. The summed E-state index contributed by atoms with van der Waals surface area (Å²) >= 11 is 0. The van der Waals surface area contributed by atoms with Gasteiger partial charge in [-0.3, -0.25) is 10.2 Å². The van der Waals surface area contributed by atoms with Crippen LogP contribution in [0, 0.1) is 10.8 Å². The Balaban J connectivity index is 1.55. The monoisotopic (exact) mass is 430 g/mol. The van der Waals surface area contributed by atoms with Gasteiger partial charge in [0, 0.05) is 30.5 Å². The third-order valence-corrected chi connectivity index (χ3v) is 6.86. The van der Waals surface area contributed by atoms with Crippen molar-refractivity contribution in [2.24, 2.45) is 27.3 Å². The molecule has 0 saturated heterocycles. The van der Waals surface area contributed by atoms with Crippen molar-refractivity contribution >= 4 is 11.7 Å². The van der Waals surface area contributed by atoms with E-state index in [-0.39, 0.29) is 35.7 Å². The van der Waals surface area contributed by atoms with E-state index in [0.29, 0.717) is 30.6 Å². The quantitative estimate of drug-likeness (QED) is 0.157. The minimum absolute atomic E-state index is 0.0546. The number of rotatable bonds is 9. The predicted octanol–water partition coefficient (Wildman–Crippen LogP) is 3.28. The third kappa shape index (κ3) is 5.10. The molecule has 31 heavy (non-hydrogen) atoms. The first kappa shape index (κ1) is 22.9. The number of nitrogens with one attached hydrogen (secondary N) is 2. The second-order valence-electron chi connectivity index (χ2n) is 8.51. The maximum absolute atomic E-state index is 12.9. The summed E-state index contributed by atoms with van der Waals surface area (Å²) in [6, 6.07) is 8.03. The number of amides is 1. The molecule has 0 atom stereocenters. The van der Waals surface area contributed by atoms with Gasteiger partial charge >= 0.3 is 0 Å². The van der Waals surface area contributed by atoms with Gasteiger partial charge in [-0.1, -0.05) is 17.4 Å². The number of carbonyl (C=O) groups is 1. The highest BCUT2D eigenvalue weighted by molar-refractivity contribution is 5.84. The smallest absolute Gasteiger partial charge is 0.226 e. The van der Waals surface area contributed by atoms with Crippen molar-refractivity contribution in [2.45, 2.75) is 50.4 Å². The Hall–Kier alpha value is -2.81. The van der Waals surface area contributed by atoms with Gasteiger partial charge in [-0.15, -0.1) is 5.11 Å². The van der Waals surface area contributed by atoms with Crippen molar-refractivity contribution in [1.29, 1.82) is 5.41 Å². The van der Waals surface area contributed by atoms with Gasteiger partial charge in [0.25, 0.3) is 0 Å². The van der Waals surface area contributed by atoms with Crippen LogP contribution in [0.3, 0.4) is 0 Å². The lowest BCUT2D eigenvalue weighted by Gasteiger charge is -2.52. The topological polar surface area (TPSA) is 139 Å². The fourth-order valence-electron chi connectivity index (χ4n) is 4.78. The van der Waals surface area contributed by atoms with Crippen LogP contribution in [-0.2, 0) is 10.2 Å². The Morgan fingerprint density at radius 3 is 2.39 bits per heavy atom. The van der Waals surface area contributed by atoms with Crippen molar-refractivity contribution in [3.8, 4) is 5.75 Å². The summed E-state index contributed by atoms with van der Waals surface area (Å²) in [6.45, 7) is 0.645. The first-order chi connectivity index (χ1) is 15.0. The number of benzene rings is 1. The van der Waals surface area contributed by atoms with Crippen LogP contribution in [0.2, 0.25) is 0 Å². The van der Waals surface area contributed by atoms with Gasteiger partial charge in [0.1, 0.15) is 18.2 Å². The highest BCUT2D eigenvalue weighted by atomic mass is 19.1. The number of nitrogens with zero attached hydrogens (tertiary/aromatic N) is 2. The summed E-state index contributed by atoms with van der Waals surface area (Å²) in [5.41, 5.74) is 6.94. The van der Waals surface area contributed by atoms with E-state index < -0.39 is 0 Å². The van der Waals surface area contributed by atoms with Crippen LogP contribution in [0.5, 0.6) is 5.75 Å². The zero-order valence-corrected chi connectivity index (χ0v) is 17.7. The molecule has 0 heterocycles. The van der Waals surface area contributed by atoms with Crippen molar-refractivity contribution < 1.29 is 13.9 Å². The Morgan fingerprint density at radius 1 is 1.19 bits per heavy atom. The van der Waals surface area contributed by atoms with Crippen LogP contribution in [0.4, 0.5) is 4.39 Å². The number of carbonyl (C=O) groups excluding carboxylic acids is 1. The maximum atomic E-state index is 12.9. The maximum Gasteiger partial charge on any atom is 0.226 e. The van der Waals surface area contributed by atoms with Crippen LogP contribution < -0.4 is 21.6 Å². The minimum atomic E-state index is -0.306. The molecule has 0 radical (unpaired) electrons. The van der Waals surface area contributed by atoms with Gasteiger partial charge < -0.3 is 21.6 Å². The third-order valence-electron chi connectivity index (χ3n) is 6.86. The number of ether oxygens (including phenoxy) is 1. The second-order valence-corrected chi connectivity index (χ2v) is 8.51. The Morgan fingerprint density at radius 2 is 1.84 bits per heavy atom. The van der Waals surface area contributed by atoms with E-state index in [2.05, 4.69) is 27.8 Å². The lowest BCUT2D eigenvalue weighted by molar-refractivity contribution is -0.137. The molecule has 9 heteroatoms. The lowest BCUT2D eigenvalue weighted by atomic mass is 9.51. The fourth-order valence-corrected chi connectivity index (χ4v) is 4.78. The van der Waals surface area contributed by atoms with E-state index in [1.54, 1.807) is 0 Å². The van der Waals surface area contributed by atoms with Crippen LogP contribution in [0.1, 0.15) is 50.5 Å². The van der Waals surface area contributed by atoms with Gasteiger partial charge in [-0.2, -0.15) is 0 Å². The summed E-state index contributed by atoms with van der Waals surface area (Å²) in [7, 11) is 0. The van der Waals surface area contributed by atoms with E-state index in [1.807, 2.05) is 12.1 Å². The van der Waals surface area contributed by atoms with E-state index in [4.69, 9.17) is 21.7 Å². The van der Waals surface area contributed by atoms with Crippen LogP contribution in [0.15, 0.2) is 46.5 Å². The van der Waals surface area contributed by atoms with Crippen molar-refractivity contribution in [2.75, 3.05) is 19.7 Å². The van der Waals surface area contributed by atoms with Crippen molar-refractivity contribution in [3.63, 3.8) is 0 Å². The summed E-state index contributed by atoms with van der Waals surface area (Å²) < 4.78 is 18.2. The van der Waals surface area contributed by atoms with E-state index in [1.165, 1.54) is 5.56 Å². The molecule has 1 aromatic carbocycles. The molecule has 1 aromatic rings. The average Bonchev–Trinajstić information content (AvgIpc) is 2.81. The normalized spacial score (nSPS) is 25.5. The molecule has 8 nitrogen and oxygen atoms in total. The van der Waals surface area contributed by atoms with Gasteiger partial charge in [0.2, 0.25) is 5.91 Å². The van der Waals surface area contributed by atoms with Crippen LogP contribution >= 0.6 is 0 Å². The average molecular weight is 431 g/mol. The molecule has 0 aliphatic heterocycles. The zero-order chi connectivity index (χ0) is 22.3. The fraction of sp³-hybridized carbons (Fsp3) is 0.545. The number of halogens is 1. The highest BCUT2D eigenvalue weighted by Gasteiger charge is 2.52. The molecule has 3 saturated carbocycles. The summed E-state index contributed by atoms with van der Waals surface area (Å²) in [6.07, 6.45) is 6.30. The molecule has 3 aliphatic carbocycles. The van der Waals surface area contributed by atoms with Gasteiger partial charge in [-0.05, 0) is 61.6 Å². The van der Waals surface area contributed by atoms with Gasteiger partial charge in [-0.25, -0.2) is 4.39 Å². The molecule has 0 spiro atoms. The molecular formula is C22H31FN6O2. The van der Waals surface area contributed by atoms with E-state index >= 15 is 0 Å². The molecule has 168 valence electrons. The standard InChI is InChI=1S/C22H31FN6O2/c23-13-16(14-24)15-31-18-3-1-17(2-4-18)21-6-9-22(10-7-21,11-8-21)20(30)27-12-5-19(25)28-29-26/h1-4,13H,5-12,14-15,24H2,(H,27,30)(H3,25,26,28)/b16-13+. The number of fused-ring (bicyclic) bond motifs is 3. The van der Waals surface area contributed by atoms with Crippen LogP contribution in [-0.4, -0.2) is 31.4 Å².